The molecule has 9 heavy (non-hydrogen) atoms. The van der Waals surface area contributed by atoms with Gasteiger partial charge in [-0.25, -0.2) is 0 Å². The molecule has 0 aromatic rings. The maximum atomic E-state index is 8.74. The average molecular weight is 285 g/mol. The molecule has 51 valence electrons. The van der Waals surface area contributed by atoms with E-state index in [2.05, 4.69) is 0 Å². The van der Waals surface area contributed by atoms with Crippen LogP contribution in [0.3, 0.4) is 0 Å². The van der Waals surface area contributed by atoms with Crippen molar-refractivity contribution in [2.24, 2.45) is 0 Å². The van der Waals surface area contributed by atoms with Crippen LogP contribution in [-0.2, 0) is 38.6 Å². The van der Waals surface area contributed by atoms with Gasteiger partial charge in [0.05, 0.1) is 0 Å². The maximum Gasteiger partial charge on any atom is 2.00 e. The van der Waals surface area contributed by atoms with E-state index >= 15 is 0 Å². The molecule has 0 saturated heterocycles. The van der Waals surface area contributed by atoms with Gasteiger partial charge in [-0.15, -0.1) is 0 Å². The molecule has 0 saturated carbocycles. The zero-order valence-corrected chi connectivity index (χ0v) is 12.1. The van der Waals surface area contributed by atoms with E-state index in [1.165, 1.54) is 0 Å². The standard InChI is InChI=1S/Al.Fe.K.Mg.Mn.H2O3Si.6H/c;;;;;1-4(2)3;;;;;;/h;;;;;1-2H;;;;;;/q;;+1;+2;;;;;;3*-1. The van der Waals surface area contributed by atoms with Crippen molar-refractivity contribution in [3.8, 4) is 0 Å². The molecule has 1 radical (unpaired) electrons. The molecule has 9 heteroatoms. The quantitative estimate of drug-likeness (QED) is 0.436. The van der Waals surface area contributed by atoms with Crippen LogP contribution in [0, 0.1) is 0 Å². The molecule has 0 aliphatic rings. The van der Waals surface area contributed by atoms with Crippen molar-refractivity contribution in [2.45, 2.75) is 0 Å². The van der Waals surface area contributed by atoms with Crippen molar-refractivity contribution >= 4 is 49.6 Å². The summed E-state index contributed by atoms with van der Waals surface area (Å²) in [5, 5.41) is 0. The van der Waals surface area contributed by atoms with Gasteiger partial charge in [0, 0.05) is 34.1 Å². The molecule has 0 rings (SSSR count). The van der Waals surface area contributed by atoms with Crippen LogP contribution in [0.25, 0.3) is 0 Å². The van der Waals surface area contributed by atoms with Gasteiger partial charge in [-0.05, 0) is 0 Å². The summed E-state index contributed by atoms with van der Waals surface area (Å²) in [5.74, 6) is 0. The molecule has 0 aromatic heterocycles. The first-order chi connectivity index (χ1) is 1.73. The van der Waals surface area contributed by atoms with E-state index in [1.54, 1.807) is 0 Å². The first kappa shape index (κ1) is 38.9. The van der Waals surface area contributed by atoms with E-state index < -0.39 is 9.17 Å². The van der Waals surface area contributed by atoms with Gasteiger partial charge in [-0.3, -0.25) is 4.46 Å². The van der Waals surface area contributed by atoms with Crippen molar-refractivity contribution in [2.75, 3.05) is 0 Å². The fourth-order valence-electron chi connectivity index (χ4n) is 0. The topological polar surface area (TPSA) is 57.5 Å². The molecule has 0 unspecified atom stereocenters. The summed E-state index contributed by atoms with van der Waals surface area (Å²) in [4.78, 5) is 14.3. The smallest absolute Gasteiger partial charge is 1.00 e. The van der Waals surface area contributed by atoms with Crippen molar-refractivity contribution in [1.82, 2.24) is 0 Å². The van der Waals surface area contributed by atoms with Crippen molar-refractivity contribution < 1.29 is 104 Å². The summed E-state index contributed by atoms with van der Waals surface area (Å²) in [7, 11) is -3.13. The van der Waals surface area contributed by atoms with E-state index in [1.807, 2.05) is 0 Å². The Balaban J connectivity index is -0.00000000161. The van der Waals surface area contributed by atoms with E-state index in [0.717, 1.165) is 0 Å². The Morgan fingerprint density at radius 3 is 1.33 bits per heavy atom. The summed E-state index contributed by atoms with van der Waals surface area (Å²) in [6.07, 6.45) is 0. The minimum absolute atomic E-state index is 0. The molecule has 0 fully saturated rings. The van der Waals surface area contributed by atoms with Gasteiger partial charge in [-0.1, -0.05) is 0 Å². The fraction of sp³-hybridized carbons (Fsp3) is 0. The predicted molar refractivity (Wildman–Crippen MR) is 29.9 cm³/mol. The second kappa shape index (κ2) is 29.9. The van der Waals surface area contributed by atoms with Gasteiger partial charge in [-0.2, -0.15) is 0 Å². The number of rotatable bonds is 0. The first-order valence-electron chi connectivity index (χ1n) is 0.651. The monoisotopic (exact) mass is 285 g/mol. The Morgan fingerprint density at radius 1 is 1.33 bits per heavy atom. The van der Waals surface area contributed by atoms with Crippen LogP contribution >= 0.6 is 0 Å². The zero-order valence-electron chi connectivity index (χ0n) is 7.24. The van der Waals surface area contributed by atoms with Crippen LogP contribution in [-0.4, -0.2) is 59.2 Å². The molecular weight excluding hydrogens is 277 g/mol. The molecular formula is H8AlFeKMgMnO3Si. The van der Waals surface area contributed by atoms with Crippen LogP contribution < -0.4 is 51.4 Å². The summed E-state index contributed by atoms with van der Waals surface area (Å²) < 4.78 is 8.74. The normalized spacial score (nSPS) is 2.67. The van der Waals surface area contributed by atoms with Crippen LogP contribution in [0.5, 0.6) is 0 Å². The van der Waals surface area contributed by atoms with Gasteiger partial charge in [0.15, 0.2) is 17.4 Å². The van der Waals surface area contributed by atoms with Crippen LogP contribution in [0.1, 0.15) is 4.28 Å². The third kappa shape index (κ3) is 82.7. The Bertz CT molecular complexity index is 56.5. The molecule has 0 atom stereocenters. The SMILES string of the molecule is O=[Si](O)O.[AlH3].[Fe].[H-].[H-].[H-].[K+].[Mg+2].[Mn]. The van der Waals surface area contributed by atoms with Gasteiger partial charge in [0.1, 0.15) is 0 Å². The van der Waals surface area contributed by atoms with Crippen LogP contribution in [0.2, 0.25) is 0 Å². The largest absolute Gasteiger partial charge is 2.00 e. The molecule has 0 aliphatic heterocycles. The van der Waals surface area contributed by atoms with Gasteiger partial charge in [0.25, 0.3) is 0 Å². The van der Waals surface area contributed by atoms with Gasteiger partial charge < -0.3 is 13.9 Å². The van der Waals surface area contributed by atoms with Crippen molar-refractivity contribution in [3.63, 3.8) is 0 Å². The second-order valence-electron chi connectivity index (χ2n) is 0.283. The summed E-state index contributed by atoms with van der Waals surface area (Å²) >= 11 is 0. The van der Waals surface area contributed by atoms with E-state index in [9.17, 15) is 0 Å². The van der Waals surface area contributed by atoms with Gasteiger partial charge >= 0.3 is 83.6 Å². The molecule has 0 amide bonds. The summed E-state index contributed by atoms with van der Waals surface area (Å²) in [5.41, 5.74) is 0. The molecule has 0 aliphatic carbocycles. The van der Waals surface area contributed by atoms with E-state index in [0.29, 0.717) is 0 Å². The Labute approximate surface area is 150 Å². The van der Waals surface area contributed by atoms with Crippen LogP contribution in [0.4, 0.5) is 0 Å². The zero-order chi connectivity index (χ0) is 3.58. The van der Waals surface area contributed by atoms with Gasteiger partial charge in [0.2, 0.25) is 0 Å². The van der Waals surface area contributed by atoms with E-state index in [4.69, 9.17) is 14.1 Å². The maximum absolute atomic E-state index is 8.74. The molecule has 2 N–H and O–H groups in total. The predicted octanol–water partition coefficient (Wildman–Crippen LogP) is -5.84. The summed E-state index contributed by atoms with van der Waals surface area (Å²) in [6.45, 7) is 0. The van der Waals surface area contributed by atoms with Crippen LogP contribution in [0.15, 0.2) is 0 Å². The molecule has 0 heterocycles. The summed E-state index contributed by atoms with van der Waals surface area (Å²) in [6, 6.07) is 0. The van der Waals surface area contributed by atoms with E-state index in [-0.39, 0.29) is 130 Å². The molecule has 0 spiro atoms. The minimum atomic E-state index is -3.13. The number of hydrogen-bond donors (Lipinski definition) is 2. The Hall–Kier alpha value is 3.59. The first-order valence-corrected chi connectivity index (χ1v) is 1.95. The van der Waals surface area contributed by atoms with Crippen molar-refractivity contribution in [1.29, 1.82) is 0 Å². The second-order valence-corrected chi connectivity index (χ2v) is 0.848. The third-order valence-corrected chi connectivity index (χ3v) is 0. The average Bonchev–Trinajstić information content (AvgIpc) is 0.811. The minimum Gasteiger partial charge on any atom is -1.00 e. The molecule has 0 bridgehead atoms. The Morgan fingerprint density at radius 2 is 1.33 bits per heavy atom. The third-order valence-electron chi connectivity index (χ3n) is 0. The van der Waals surface area contributed by atoms with Crippen molar-refractivity contribution in [3.05, 3.63) is 0 Å². The fourth-order valence-corrected chi connectivity index (χ4v) is 0. The molecule has 3 nitrogen and oxygen atoms in total. The Kier molecular flexibility index (Phi) is 129. The number of hydrogen-bond acceptors (Lipinski definition) is 1. The molecule has 0 aromatic carbocycles.